The van der Waals surface area contributed by atoms with Crippen LogP contribution in [0.15, 0.2) is 79.1 Å². The predicted octanol–water partition coefficient (Wildman–Crippen LogP) is 5.02. The molecule has 2 aliphatic rings. The maximum Gasteiger partial charge on any atom is 0.140 e. The molecule has 0 unspecified atom stereocenters. The molecular formula is C24H16NO2PS. The molecule has 0 fully saturated rings. The number of hydrogen-bond donors (Lipinski definition) is 0. The van der Waals surface area contributed by atoms with E-state index in [1.54, 1.807) is 0 Å². The monoisotopic (exact) mass is 413 g/mol. The van der Waals surface area contributed by atoms with Gasteiger partial charge < -0.3 is 9.47 Å². The highest BCUT2D eigenvalue weighted by Gasteiger charge is 2.42. The standard InChI is InChI=1S/C24H16NO2PS/c1-15-14-25-11-10-17(15)16-12-20-24-21(13-16)27-19-7-3-5-9-23(19)28(24,29)22-8-4-2-6-18(22)26-20/h2-14H,1H3. The molecule has 6 rings (SSSR count). The first-order valence-corrected chi connectivity index (χ1v) is 12.2. The largest absolute Gasteiger partial charge is 0.456 e. The van der Waals surface area contributed by atoms with Crippen LogP contribution in [0.2, 0.25) is 0 Å². The number of hydrogen-bond acceptors (Lipinski definition) is 4. The SMILES string of the molecule is Cc1cnccc1-c1cc2c3c(c1)Oc1ccccc1P3(=S)c1ccccc1O2. The lowest BCUT2D eigenvalue weighted by Gasteiger charge is -2.37. The van der Waals surface area contributed by atoms with E-state index in [1.165, 1.54) is 0 Å². The van der Waals surface area contributed by atoms with Crippen molar-refractivity contribution in [1.29, 1.82) is 0 Å². The average Bonchev–Trinajstić information content (AvgIpc) is 2.74. The molecule has 5 heteroatoms. The second-order valence-corrected chi connectivity index (χ2v) is 11.5. The number of pyridine rings is 1. The van der Waals surface area contributed by atoms with Gasteiger partial charge in [-0.3, -0.25) is 4.98 Å². The van der Waals surface area contributed by atoms with E-state index in [1.807, 2.05) is 54.9 Å². The minimum atomic E-state index is -2.27. The van der Waals surface area contributed by atoms with Gasteiger partial charge in [0.1, 0.15) is 23.0 Å². The smallest absolute Gasteiger partial charge is 0.140 e. The van der Waals surface area contributed by atoms with Crippen LogP contribution < -0.4 is 25.4 Å². The fourth-order valence-electron chi connectivity index (χ4n) is 4.22. The highest BCUT2D eigenvalue weighted by Crippen LogP contribution is 2.59. The van der Waals surface area contributed by atoms with Crippen molar-refractivity contribution < 1.29 is 9.47 Å². The van der Waals surface area contributed by atoms with Crippen molar-refractivity contribution in [2.24, 2.45) is 0 Å². The topological polar surface area (TPSA) is 31.4 Å². The Labute approximate surface area is 174 Å². The third-order valence-corrected chi connectivity index (χ3v) is 10.4. The zero-order valence-electron chi connectivity index (χ0n) is 15.6. The van der Waals surface area contributed by atoms with Crippen LogP contribution in [-0.4, -0.2) is 4.98 Å². The molecule has 29 heavy (non-hydrogen) atoms. The number of rotatable bonds is 1. The quantitative estimate of drug-likeness (QED) is 0.354. The molecule has 3 aromatic carbocycles. The maximum atomic E-state index is 6.48. The Bertz CT molecular complexity index is 1290. The molecule has 0 bridgehead atoms. The summed E-state index contributed by atoms with van der Waals surface area (Å²) in [5.41, 5.74) is 3.25. The van der Waals surface area contributed by atoms with Crippen molar-refractivity contribution in [2.75, 3.05) is 0 Å². The number of aromatic nitrogens is 1. The summed E-state index contributed by atoms with van der Waals surface area (Å²) in [5, 5.41) is 3.19. The summed E-state index contributed by atoms with van der Waals surface area (Å²) < 4.78 is 12.7. The molecule has 0 N–H and O–H groups in total. The third-order valence-electron chi connectivity index (χ3n) is 5.54. The van der Waals surface area contributed by atoms with Crippen molar-refractivity contribution in [1.82, 2.24) is 4.98 Å². The zero-order valence-corrected chi connectivity index (χ0v) is 17.3. The minimum absolute atomic E-state index is 0.797. The van der Waals surface area contributed by atoms with E-state index in [9.17, 15) is 0 Å². The molecule has 0 saturated carbocycles. The van der Waals surface area contributed by atoms with E-state index in [-0.39, 0.29) is 0 Å². The van der Waals surface area contributed by atoms with E-state index in [2.05, 4.69) is 36.2 Å². The number of ether oxygens (including phenoxy) is 2. The summed E-state index contributed by atoms with van der Waals surface area (Å²) in [5.74, 6) is 3.28. The van der Waals surface area contributed by atoms with Crippen LogP contribution in [0, 0.1) is 6.92 Å². The molecular weight excluding hydrogens is 397 g/mol. The van der Waals surface area contributed by atoms with Crippen molar-refractivity contribution >= 4 is 33.8 Å². The molecule has 4 aromatic rings. The fraction of sp³-hybridized carbons (Fsp3) is 0.0417. The summed E-state index contributed by atoms with van der Waals surface area (Å²) in [7, 11) is 0. The summed E-state index contributed by atoms with van der Waals surface area (Å²) in [6, 6.07) is 20.2. The fourth-order valence-corrected chi connectivity index (χ4v) is 8.70. The van der Waals surface area contributed by atoms with Gasteiger partial charge >= 0.3 is 0 Å². The van der Waals surface area contributed by atoms with E-state index < -0.39 is 6.04 Å². The van der Waals surface area contributed by atoms with E-state index in [0.717, 1.165) is 55.6 Å². The van der Waals surface area contributed by atoms with Gasteiger partial charge in [0.25, 0.3) is 0 Å². The Morgan fingerprint density at radius 2 is 1.38 bits per heavy atom. The van der Waals surface area contributed by atoms with Crippen LogP contribution >= 0.6 is 6.04 Å². The van der Waals surface area contributed by atoms with Crippen LogP contribution in [0.4, 0.5) is 0 Å². The molecule has 0 aliphatic carbocycles. The highest BCUT2D eigenvalue weighted by atomic mass is 32.4. The number of para-hydroxylation sites is 2. The van der Waals surface area contributed by atoms with E-state index in [4.69, 9.17) is 21.3 Å². The molecule has 1 aromatic heterocycles. The van der Waals surface area contributed by atoms with Gasteiger partial charge in [0.05, 0.1) is 11.3 Å². The molecule has 0 saturated heterocycles. The van der Waals surface area contributed by atoms with Crippen LogP contribution in [0.1, 0.15) is 5.56 Å². The molecule has 0 atom stereocenters. The van der Waals surface area contributed by atoms with Gasteiger partial charge in [-0.25, -0.2) is 0 Å². The summed E-state index contributed by atoms with van der Waals surface area (Å²) in [4.78, 5) is 4.22. The Morgan fingerprint density at radius 3 is 1.97 bits per heavy atom. The first-order valence-electron chi connectivity index (χ1n) is 9.41. The second kappa shape index (κ2) is 6.03. The second-order valence-electron chi connectivity index (χ2n) is 7.26. The lowest BCUT2D eigenvalue weighted by Crippen LogP contribution is -2.34. The number of benzene rings is 3. The van der Waals surface area contributed by atoms with Crippen LogP contribution in [0.5, 0.6) is 23.0 Å². The Morgan fingerprint density at radius 1 is 0.793 bits per heavy atom. The van der Waals surface area contributed by atoms with Gasteiger partial charge in [0, 0.05) is 23.0 Å². The summed E-state index contributed by atoms with van der Waals surface area (Å²) in [6.07, 6.45) is 3.68. The molecule has 140 valence electrons. The van der Waals surface area contributed by atoms with E-state index >= 15 is 0 Å². The average molecular weight is 413 g/mol. The Kier molecular flexibility index (Phi) is 3.53. The van der Waals surface area contributed by atoms with Gasteiger partial charge in [-0.15, -0.1) is 0 Å². The summed E-state index contributed by atoms with van der Waals surface area (Å²) in [6.45, 7) is 2.06. The minimum Gasteiger partial charge on any atom is -0.456 e. The van der Waals surface area contributed by atoms with Crippen LogP contribution in [0.25, 0.3) is 11.1 Å². The van der Waals surface area contributed by atoms with Crippen LogP contribution in [-0.2, 0) is 11.8 Å². The summed E-state index contributed by atoms with van der Waals surface area (Å²) >= 11 is 6.48. The predicted molar refractivity (Wildman–Crippen MR) is 121 cm³/mol. The van der Waals surface area contributed by atoms with Crippen molar-refractivity contribution in [3.05, 3.63) is 84.7 Å². The molecule has 3 nitrogen and oxygen atoms in total. The lowest BCUT2D eigenvalue weighted by molar-refractivity contribution is 0.467. The van der Waals surface area contributed by atoms with Crippen molar-refractivity contribution in [3.8, 4) is 34.1 Å². The van der Waals surface area contributed by atoms with E-state index in [0.29, 0.717) is 0 Å². The molecule has 0 radical (unpaired) electrons. The highest BCUT2D eigenvalue weighted by molar-refractivity contribution is 8.26. The van der Waals surface area contributed by atoms with Crippen molar-refractivity contribution in [2.45, 2.75) is 6.92 Å². The van der Waals surface area contributed by atoms with Gasteiger partial charge in [-0.05, 0) is 66.1 Å². The maximum absolute atomic E-state index is 6.48. The van der Waals surface area contributed by atoms with Gasteiger partial charge in [0.2, 0.25) is 0 Å². The number of nitrogens with zero attached hydrogens (tertiary/aromatic N) is 1. The normalized spacial score (nSPS) is 14.7. The van der Waals surface area contributed by atoms with Gasteiger partial charge in [-0.1, -0.05) is 36.1 Å². The number of aryl methyl sites for hydroxylation is 1. The first kappa shape index (κ1) is 17.0. The Hall–Kier alpha value is -2.94. The van der Waals surface area contributed by atoms with Gasteiger partial charge in [0.15, 0.2) is 0 Å². The molecule has 0 spiro atoms. The van der Waals surface area contributed by atoms with Gasteiger partial charge in [-0.2, -0.15) is 0 Å². The Balaban J connectivity index is 1.70. The zero-order chi connectivity index (χ0) is 19.6. The molecule has 0 amide bonds. The molecule has 2 aliphatic heterocycles. The first-order chi connectivity index (χ1) is 14.2. The third kappa shape index (κ3) is 2.30. The lowest BCUT2D eigenvalue weighted by atomic mass is 10.0. The molecule has 3 heterocycles. The van der Waals surface area contributed by atoms with Crippen molar-refractivity contribution in [3.63, 3.8) is 0 Å². The van der Waals surface area contributed by atoms with Crippen LogP contribution in [0.3, 0.4) is 0 Å². The number of fused-ring (bicyclic) bond motifs is 4.